The van der Waals surface area contributed by atoms with Gasteiger partial charge in [-0.15, -0.1) is 0 Å². The van der Waals surface area contributed by atoms with Crippen LogP contribution in [0.4, 0.5) is 5.69 Å². The molecule has 0 unspecified atom stereocenters. The van der Waals surface area contributed by atoms with Crippen molar-refractivity contribution in [2.45, 2.75) is 17.8 Å². The van der Waals surface area contributed by atoms with Crippen LogP contribution in [0.3, 0.4) is 0 Å². The molecule has 0 spiro atoms. The van der Waals surface area contributed by atoms with Crippen LogP contribution in [0.5, 0.6) is 0 Å². The van der Waals surface area contributed by atoms with Gasteiger partial charge in [-0.25, -0.2) is 0 Å². The van der Waals surface area contributed by atoms with Gasteiger partial charge in [-0.05, 0) is 0 Å². The number of carbonyl (C=O) groups is 1. The van der Waals surface area contributed by atoms with Crippen LogP contribution in [-0.2, 0) is 4.74 Å². The molecule has 0 aliphatic heterocycles. The molecule has 6 nitrogen and oxygen atoms in total. The van der Waals surface area contributed by atoms with Gasteiger partial charge in [0.15, 0.2) is 0 Å². The number of rotatable bonds is 7. The van der Waals surface area contributed by atoms with Crippen LogP contribution >= 0.6 is 0 Å². The quantitative estimate of drug-likeness (QED) is 0.336. The van der Waals surface area contributed by atoms with Gasteiger partial charge in [0.25, 0.3) is 0 Å². The molecular formula is C17H17NO5Se. The van der Waals surface area contributed by atoms with Crippen molar-refractivity contribution in [3.05, 3.63) is 70.3 Å². The molecule has 1 atom stereocenters. The number of nitro groups is 1. The Morgan fingerprint density at radius 2 is 1.83 bits per heavy atom. The van der Waals surface area contributed by atoms with Crippen molar-refractivity contribution in [2.24, 2.45) is 0 Å². The molecule has 0 aliphatic carbocycles. The van der Waals surface area contributed by atoms with E-state index < -0.39 is 16.5 Å². The van der Waals surface area contributed by atoms with E-state index in [1.54, 1.807) is 6.92 Å². The molecule has 0 amide bonds. The van der Waals surface area contributed by atoms with Gasteiger partial charge in [0.2, 0.25) is 0 Å². The van der Waals surface area contributed by atoms with Crippen molar-refractivity contribution >= 4 is 31.1 Å². The molecular weight excluding hydrogens is 377 g/mol. The summed E-state index contributed by atoms with van der Waals surface area (Å²) in [7, 11) is 0. The molecule has 7 heteroatoms. The predicted molar refractivity (Wildman–Crippen MR) is 90.6 cm³/mol. The van der Waals surface area contributed by atoms with E-state index in [-0.39, 0.29) is 32.8 Å². The second-order valence-electron chi connectivity index (χ2n) is 5.48. The molecule has 0 saturated heterocycles. The van der Waals surface area contributed by atoms with Crippen molar-refractivity contribution in [1.82, 2.24) is 0 Å². The molecule has 0 radical (unpaired) electrons. The zero-order valence-electron chi connectivity index (χ0n) is 13.0. The normalized spacial score (nSPS) is 13.1. The van der Waals surface area contributed by atoms with E-state index in [0.29, 0.717) is 5.32 Å². The van der Waals surface area contributed by atoms with Crippen molar-refractivity contribution in [2.75, 3.05) is 6.61 Å². The van der Waals surface area contributed by atoms with Gasteiger partial charge in [-0.2, -0.15) is 0 Å². The van der Waals surface area contributed by atoms with Crippen LogP contribution in [0.1, 0.15) is 17.3 Å². The number of benzene rings is 2. The molecule has 1 N–H and O–H groups in total. The van der Waals surface area contributed by atoms with Crippen LogP contribution in [0, 0.1) is 10.1 Å². The van der Waals surface area contributed by atoms with E-state index in [9.17, 15) is 20.0 Å². The van der Waals surface area contributed by atoms with Crippen molar-refractivity contribution in [3.8, 4) is 0 Å². The Labute approximate surface area is 145 Å². The van der Waals surface area contributed by atoms with Gasteiger partial charge < -0.3 is 0 Å². The number of nitro benzene ring substituents is 1. The van der Waals surface area contributed by atoms with Crippen molar-refractivity contribution < 1.29 is 19.6 Å². The zero-order chi connectivity index (χ0) is 17.6. The number of nitrogens with zero attached hydrogens (tertiary/aromatic N) is 1. The topological polar surface area (TPSA) is 89.7 Å². The fourth-order valence-electron chi connectivity index (χ4n) is 1.82. The fraction of sp³-hybridized carbons (Fsp3) is 0.235. The van der Waals surface area contributed by atoms with Crippen molar-refractivity contribution in [1.29, 1.82) is 0 Å². The first-order valence-corrected chi connectivity index (χ1v) is 9.26. The monoisotopic (exact) mass is 395 g/mol. The van der Waals surface area contributed by atoms with Gasteiger partial charge in [-0.3, -0.25) is 0 Å². The van der Waals surface area contributed by atoms with Gasteiger partial charge >= 0.3 is 145 Å². The zero-order valence-corrected chi connectivity index (χ0v) is 14.8. The summed E-state index contributed by atoms with van der Waals surface area (Å²) < 4.78 is 6.29. The minimum atomic E-state index is -1.12. The van der Waals surface area contributed by atoms with Crippen LogP contribution in [-0.4, -0.2) is 43.2 Å². The Morgan fingerprint density at radius 3 is 2.42 bits per heavy atom. The average Bonchev–Trinajstić information content (AvgIpc) is 2.59. The van der Waals surface area contributed by atoms with E-state index in [2.05, 4.69) is 0 Å². The summed E-state index contributed by atoms with van der Waals surface area (Å²) in [6.07, 6.45) is 0. The summed E-state index contributed by atoms with van der Waals surface area (Å²) in [5.41, 5.74) is -0.999. The number of esters is 1. The molecule has 0 aliphatic rings. The van der Waals surface area contributed by atoms with Crippen LogP contribution in [0.25, 0.3) is 0 Å². The third-order valence-electron chi connectivity index (χ3n) is 3.12. The number of carbonyl (C=O) groups excluding carboxylic acids is 1. The molecule has 2 aromatic carbocycles. The van der Waals surface area contributed by atoms with Crippen LogP contribution in [0.15, 0.2) is 54.6 Å². The number of ether oxygens (including phenoxy) is 1. The summed E-state index contributed by atoms with van der Waals surface area (Å²) >= 11 is 0.0739. The van der Waals surface area contributed by atoms with Gasteiger partial charge in [0.1, 0.15) is 0 Å². The summed E-state index contributed by atoms with van der Waals surface area (Å²) in [6, 6.07) is 15.0. The van der Waals surface area contributed by atoms with E-state index in [4.69, 9.17) is 4.74 Å². The van der Waals surface area contributed by atoms with Gasteiger partial charge in [-0.1, -0.05) is 0 Å². The summed E-state index contributed by atoms with van der Waals surface area (Å²) in [4.78, 5) is 22.0. The van der Waals surface area contributed by atoms with E-state index >= 15 is 0 Å². The first-order valence-electron chi connectivity index (χ1n) is 7.19. The molecule has 0 heterocycles. The Kier molecular flexibility index (Phi) is 6.09. The number of non-ortho nitro benzene ring substituents is 1. The summed E-state index contributed by atoms with van der Waals surface area (Å²) in [5, 5.41) is 21.4. The second kappa shape index (κ2) is 8.06. The molecule has 0 fully saturated rings. The maximum absolute atomic E-state index is 11.9. The second-order valence-corrected chi connectivity index (χ2v) is 7.68. The Morgan fingerprint density at radius 1 is 1.21 bits per heavy atom. The predicted octanol–water partition coefficient (Wildman–Crippen LogP) is 1.95. The van der Waals surface area contributed by atoms with Crippen molar-refractivity contribution in [3.63, 3.8) is 0 Å². The Bertz CT molecular complexity index is 701. The van der Waals surface area contributed by atoms with Crippen LogP contribution < -0.4 is 4.46 Å². The van der Waals surface area contributed by atoms with Crippen LogP contribution in [0.2, 0.25) is 5.32 Å². The molecule has 2 aromatic rings. The summed E-state index contributed by atoms with van der Waals surface area (Å²) in [5.74, 6) is -0.614. The van der Waals surface area contributed by atoms with Gasteiger partial charge in [0, 0.05) is 0 Å². The van der Waals surface area contributed by atoms with E-state index in [1.165, 1.54) is 24.3 Å². The summed E-state index contributed by atoms with van der Waals surface area (Å²) in [6.45, 7) is 1.50. The molecule has 0 aromatic heterocycles. The first kappa shape index (κ1) is 18.1. The van der Waals surface area contributed by atoms with E-state index in [1.807, 2.05) is 30.3 Å². The third kappa shape index (κ3) is 5.45. The number of hydrogen-bond acceptors (Lipinski definition) is 5. The van der Waals surface area contributed by atoms with Gasteiger partial charge in [0.05, 0.1) is 0 Å². The molecule has 24 heavy (non-hydrogen) atoms. The number of aliphatic hydroxyl groups is 1. The average molecular weight is 394 g/mol. The molecule has 126 valence electrons. The molecule has 0 saturated carbocycles. The molecule has 2 rings (SSSR count). The minimum absolute atomic E-state index is 0.0739. The third-order valence-corrected chi connectivity index (χ3v) is 6.00. The Hall–Kier alpha value is -2.21. The maximum atomic E-state index is 11.9. The molecule has 0 bridgehead atoms. The standard InChI is InChI=1S/C17H17NO5Se/c1-17(20,12-24-15-5-3-2-4-6-15)11-23-16(19)13-7-9-14(10-8-13)18(21)22/h2-10,20H,11-12H2,1H3/t17-/m1/s1. The number of hydrogen-bond donors (Lipinski definition) is 1. The fourth-order valence-corrected chi connectivity index (χ4v) is 3.73. The SMILES string of the molecule is C[C@@](O)(COC(=O)c1ccc([N+](=O)[O-])cc1)C[Se]c1ccccc1. The first-order chi connectivity index (χ1) is 11.4. The Balaban J connectivity index is 1.86. The van der Waals surface area contributed by atoms with E-state index in [0.717, 1.165) is 4.46 Å².